The van der Waals surface area contributed by atoms with Crippen molar-refractivity contribution in [2.75, 3.05) is 0 Å². The average Bonchev–Trinajstić information content (AvgIpc) is 2.10. The molecule has 5 atom stereocenters. The molecule has 1 nitrogen and oxygen atoms in total. The Morgan fingerprint density at radius 1 is 1.00 bits per heavy atom. The molecule has 5 unspecified atom stereocenters. The van der Waals surface area contributed by atoms with Crippen LogP contribution in [-0.4, -0.2) is 11.2 Å². The maximum atomic E-state index is 9.89. The summed E-state index contributed by atoms with van der Waals surface area (Å²) in [5, 5.41) is 9.89. The quantitative estimate of drug-likeness (QED) is 0.756. The first kappa shape index (κ1) is 13.0. The molecular formula is C14H28O. The third-order valence-electron chi connectivity index (χ3n) is 4.51. The molecule has 1 fully saturated rings. The molecular weight excluding hydrogens is 184 g/mol. The predicted molar refractivity (Wildman–Crippen MR) is 65.7 cm³/mol. The second kappa shape index (κ2) is 5.34. The first-order chi connectivity index (χ1) is 6.93. The van der Waals surface area contributed by atoms with Crippen LogP contribution in [0.15, 0.2) is 0 Å². The Morgan fingerprint density at radius 3 is 2.00 bits per heavy atom. The lowest BCUT2D eigenvalue weighted by Crippen LogP contribution is -2.34. The molecule has 0 spiro atoms. The lowest BCUT2D eigenvalue weighted by atomic mass is 9.67. The van der Waals surface area contributed by atoms with Gasteiger partial charge in [0.2, 0.25) is 0 Å². The fourth-order valence-electron chi connectivity index (χ4n) is 3.43. The lowest BCUT2D eigenvalue weighted by Gasteiger charge is -2.39. The van der Waals surface area contributed by atoms with E-state index in [9.17, 15) is 5.11 Å². The van der Waals surface area contributed by atoms with Crippen molar-refractivity contribution in [1.82, 2.24) is 0 Å². The first-order valence-electron chi connectivity index (χ1n) is 6.61. The maximum Gasteiger partial charge on any atom is 0.0545 e. The highest BCUT2D eigenvalue weighted by Gasteiger charge is 2.33. The van der Waals surface area contributed by atoms with Crippen molar-refractivity contribution in [2.45, 2.75) is 60.0 Å². The molecule has 0 aromatic carbocycles. The highest BCUT2D eigenvalue weighted by Crippen LogP contribution is 2.40. The van der Waals surface area contributed by atoms with E-state index in [0.29, 0.717) is 11.8 Å². The number of hydrogen-bond donors (Lipinski definition) is 1. The first-order valence-corrected chi connectivity index (χ1v) is 6.61. The van der Waals surface area contributed by atoms with Crippen LogP contribution in [0.5, 0.6) is 0 Å². The topological polar surface area (TPSA) is 20.2 Å². The van der Waals surface area contributed by atoms with Crippen molar-refractivity contribution in [2.24, 2.45) is 29.6 Å². The minimum Gasteiger partial charge on any atom is -0.393 e. The van der Waals surface area contributed by atoms with Crippen LogP contribution in [0.3, 0.4) is 0 Å². The molecule has 0 heterocycles. The highest BCUT2D eigenvalue weighted by molar-refractivity contribution is 4.83. The van der Waals surface area contributed by atoms with Gasteiger partial charge >= 0.3 is 0 Å². The SMILES string of the molecule is CC(C)C(C(C)O)C1CCC(C)C(C)C1. The van der Waals surface area contributed by atoms with E-state index < -0.39 is 0 Å². The van der Waals surface area contributed by atoms with Crippen molar-refractivity contribution < 1.29 is 5.11 Å². The summed E-state index contributed by atoms with van der Waals surface area (Å²) in [5.74, 6) is 3.57. The molecule has 90 valence electrons. The third kappa shape index (κ3) is 3.21. The Kier molecular flexibility index (Phi) is 4.64. The Morgan fingerprint density at radius 2 is 1.60 bits per heavy atom. The lowest BCUT2D eigenvalue weighted by molar-refractivity contribution is 0.0259. The van der Waals surface area contributed by atoms with Gasteiger partial charge in [-0.15, -0.1) is 0 Å². The zero-order valence-corrected chi connectivity index (χ0v) is 11.0. The summed E-state index contributed by atoms with van der Waals surface area (Å²) in [7, 11) is 0. The summed E-state index contributed by atoms with van der Waals surface area (Å²) in [5.41, 5.74) is 0. The van der Waals surface area contributed by atoms with Gasteiger partial charge in [-0.05, 0) is 49.4 Å². The van der Waals surface area contributed by atoms with Gasteiger partial charge in [-0.2, -0.15) is 0 Å². The van der Waals surface area contributed by atoms with Crippen LogP contribution < -0.4 is 0 Å². The maximum absolute atomic E-state index is 9.89. The van der Waals surface area contributed by atoms with E-state index in [0.717, 1.165) is 17.8 Å². The minimum absolute atomic E-state index is 0.143. The molecule has 15 heavy (non-hydrogen) atoms. The Balaban J connectivity index is 2.61. The Hall–Kier alpha value is -0.0400. The molecule has 1 aliphatic carbocycles. The van der Waals surface area contributed by atoms with Crippen molar-refractivity contribution in [3.05, 3.63) is 0 Å². The molecule has 1 rings (SSSR count). The summed E-state index contributed by atoms with van der Waals surface area (Å²) in [6.45, 7) is 11.2. The van der Waals surface area contributed by atoms with Gasteiger partial charge in [-0.25, -0.2) is 0 Å². The molecule has 1 saturated carbocycles. The molecule has 1 aliphatic rings. The van der Waals surface area contributed by atoms with Crippen LogP contribution in [-0.2, 0) is 0 Å². The molecule has 0 saturated heterocycles. The largest absolute Gasteiger partial charge is 0.393 e. The monoisotopic (exact) mass is 212 g/mol. The highest BCUT2D eigenvalue weighted by atomic mass is 16.3. The van der Waals surface area contributed by atoms with Crippen molar-refractivity contribution in [3.63, 3.8) is 0 Å². The van der Waals surface area contributed by atoms with E-state index in [4.69, 9.17) is 0 Å². The summed E-state index contributed by atoms with van der Waals surface area (Å²) in [6, 6.07) is 0. The fourth-order valence-corrected chi connectivity index (χ4v) is 3.43. The molecule has 0 bridgehead atoms. The van der Waals surface area contributed by atoms with Crippen LogP contribution in [0, 0.1) is 29.6 Å². The molecule has 1 heteroatoms. The van der Waals surface area contributed by atoms with Gasteiger partial charge in [-0.3, -0.25) is 0 Å². The number of aliphatic hydroxyl groups excluding tert-OH is 1. The second-order valence-corrected chi connectivity index (χ2v) is 6.09. The smallest absolute Gasteiger partial charge is 0.0545 e. The van der Waals surface area contributed by atoms with Crippen LogP contribution in [0.1, 0.15) is 53.9 Å². The number of hydrogen-bond acceptors (Lipinski definition) is 1. The standard InChI is InChI=1S/C14H28O/c1-9(2)14(12(5)15)13-7-6-10(3)11(4)8-13/h9-15H,6-8H2,1-5H3. The summed E-state index contributed by atoms with van der Waals surface area (Å²) < 4.78 is 0. The Bertz CT molecular complexity index is 178. The number of rotatable bonds is 3. The van der Waals surface area contributed by atoms with Crippen LogP contribution in [0.2, 0.25) is 0 Å². The molecule has 1 N–H and O–H groups in total. The van der Waals surface area contributed by atoms with E-state index in [1.54, 1.807) is 0 Å². The van der Waals surface area contributed by atoms with E-state index in [1.165, 1.54) is 19.3 Å². The van der Waals surface area contributed by atoms with Gasteiger partial charge in [0, 0.05) is 0 Å². The van der Waals surface area contributed by atoms with Crippen LogP contribution in [0.25, 0.3) is 0 Å². The zero-order valence-electron chi connectivity index (χ0n) is 11.0. The summed E-state index contributed by atoms with van der Waals surface area (Å²) in [6.07, 6.45) is 3.84. The second-order valence-electron chi connectivity index (χ2n) is 6.09. The Labute approximate surface area is 95.3 Å². The molecule has 0 amide bonds. The third-order valence-corrected chi connectivity index (χ3v) is 4.51. The molecule has 0 aromatic heterocycles. The zero-order chi connectivity index (χ0) is 11.6. The van der Waals surface area contributed by atoms with Gasteiger partial charge in [0.25, 0.3) is 0 Å². The van der Waals surface area contributed by atoms with Crippen molar-refractivity contribution in [1.29, 1.82) is 0 Å². The molecule has 0 aromatic rings. The number of aliphatic hydroxyl groups is 1. The van der Waals surface area contributed by atoms with Crippen LogP contribution in [0.4, 0.5) is 0 Å². The fraction of sp³-hybridized carbons (Fsp3) is 1.00. The van der Waals surface area contributed by atoms with Gasteiger partial charge in [0.15, 0.2) is 0 Å². The van der Waals surface area contributed by atoms with E-state index in [1.807, 2.05) is 6.92 Å². The van der Waals surface area contributed by atoms with E-state index in [-0.39, 0.29) is 6.10 Å². The molecule has 0 aliphatic heterocycles. The predicted octanol–water partition coefficient (Wildman–Crippen LogP) is 3.71. The van der Waals surface area contributed by atoms with E-state index in [2.05, 4.69) is 27.7 Å². The van der Waals surface area contributed by atoms with Crippen molar-refractivity contribution >= 4 is 0 Å². The average molecular weight is 212 g/mol. The van der Waals surface area contributed by atoms with Gasteiger partial charge in [0.05, 0.1) is 6.10 Å². The minimum atomic E-state index is -0.143. The van der Waals surface area contributed by atoms with Crippen molar-refractivity contribution in [3.8, 4) is 0 Å². The van der Waals surface area contributed by atoms with E-state index >= 15 is 0 Å². The summed E-state index contributed by atoms with van der Waals surface area (Å²) >= 11 is 0. The summed E-state index contributed by atoms with van der Waals surface area (Å²) in [4.78, 5) is 0. The van der Waals surface area contributed by atoms with Gasteiger partial charge < -0.3 is 5.11 Å². The normalized spacial score (nSPS) is 36.6. The van der Waals surface area contributed by atoms with Crippen LogP contribution >= 0.6 is 0 Å². The molecule has 0 radical (unpaired) electrons. The van der Waals surface area contributed by atoms with Gasteiger partial charge in [0.1, 0.15) is 0 Å². The van der Waals surface area contributed by atoms with Gasteiger partial charge in [-0.1, -0.05) is 34.1 Å².